The van der Waals surface area contributed by atoms with E-state index in [-0.39, 0.29) is 6.10 Å². The van der Waals surface area contributed by atoms with Crippen LogP contribution in [-0.2, 0) is 4.74 Å². The summed E-state index contributed by atoms with van der Waals surface area (Å²) in [4.78, 5) is 2.48. The van der Waals surface area contributed by atoms with Crippen LogP contribution in [0.25, 0.3) is 0 Å². The number of nitrogens with one attached hydrogen (secondary N) is 1. The fourth-order valence-electron chi connectivity index (χ4n) is 3.70. The van der Waals surface area contributed by atoms with Gasteiger partial charge >= 0.3 is 0 Å². The van der Waals surface area contributed by atoms with E-state index < -0.39 is 0 Å². The second-order valence-corrected chi connectivity index (χ2v) is 7.38. The first-order chi connectivity index (χ1) is 9.93. The zero-order chi connectivity index (χ0) is 13.4. The molecule has 3 aliphatic heterocycles. The highest BCUT2D eigenvalue weighted by Crippen LogP contribution is 2.47. The molecule has 0 amide bonds. The molecule has 0 saturated carbocycles. The lowest BCUT2D eigenvalue weighted by Crippen LogP contribution is -2.20. The number of thioether (sulfide) groups is 1. The Hall–Kier alpha value is -0.680. The molecule has 1 aromatic heterocycles. The highest BCUT2D eigenvalue weighted by atomic mass is 32.2. The molecule has 1 aromatic rings. The van der Waals surface area contributed by atoms with Gasteiger partial charge in [0, 0.05) is 30.5 Å². The Morgan fingerprint density at radius 3 is 2.75 bits per heavy atom. The van der Waals surface area contributed by atoms with E-state index in [0.29, 0.717) is 5.25 Å². The van der Waals surface area contributed by atoms with Crippen LogP contribution in [0.5, 0.6) is 0 Å². The van der Waals surface area contributed by atoms with E-state index in [9.17, 15) is 0 Å². The molecule has 0 aromatic carbocycles. The fourth-order valence-corrected chi connectivity index (χ4v) is 5.05. The zero-order valence-corrected chi connectivity index (χ0v) is 12.8. The maximum atomic E-state index is 5.92. The van der Waals surface area contributed by atoms with Crippen LogP contribution in [0, 0.1) is 0 Å². The van der Waals surface area contributed by atoms with Gasteiger partial charge in [-0.05, 0) is 44.3 Å². The van der Waals surface area contributed by atoms with Crippen molar-refractivity contribution in [1.82, 2.24) is 10.2 Å². The summed E-state index contributed by atoms with van der Waals surface area (Å²) in [5, 5.41) is 8.66. The first-order valence-electron chi connectivity index (χ1n) is 8.00. The molecule has 4 heterocycles. The van der Waals surface area contributed by atoms with Gasteiger partial charge in [0.25, 0.3) is 0 Å². The molecule has 4 rings (SSSR count). The van der Waals surface area contributed by atoms with Crippen molar-refractivity contribution in [2.75, 3.05) is 30.3 Å². The van der Waals surface area contributed by atoms with E-state index >= 15 is 0 Å². The molecule has 0 aliphatic carbocycles. The van der Waals surface area contributed by atoms with Gasteiger partial charge in [-0.15, -0.1) is 0 Å². The third-order valence-corrected chi connectivity index (χ3v) is 6.12. The van der Waals surface area contributed by atoms with E-state index in [4.69, 9.17) is 9.84 Å². The zero-order valence-electron chi connectivity index (χ0n) is 11.9. The maximum absolute atomic E-state index is 5.92. The lowest BCUT2D eigenvalue weighted by Gasteiger charge is -2.20. The smallest absolute Gasteiger partial charge is 0.155 e. The Bertz CT molecular complexity index is 424. The molecule has 110 valence electrons. The summed E-state index contributed by atoms with van der Waals surface area (Å²) in [6, 6.07) is 0. The van der Waals surface area contributed by atoms with Crippen molar-refractivity contribution in [3.8, 4) is 0 Å². The van der Waals surface area contributed by atoms with Crippen LogP contribution in [-0.4, -0.2) is 35.6 Å². The van der Waals surface area contributed by atoms with Crippen LogP contribution in [0.2, 0.25) is 0 Å². The number of rotatable bonds is 3. The van der Waals surface area contributed by atoms with Gasteiger partial charge in [-0.1, -0.05) is 0 Å². The van der Waals surface area contributed by atoms with Crippen molar-refractivity contribution >= 4 is 17.6 Å². The average Bonchev–Trinajstić information content (AvgIpc) is 3.23. The van der Waals surface area contributed by atoms with Gasteiger partial charge in [-0.25, -0.2) is 0 Å². The molecule has 0 radical (unpaired) electrons. The Kier molecular flexibility index (Phi) is 3.65. The summed E-state index contributed by atoms with van der Waals surface area (Å²) in [6.07, 6.45) is 7.83. The van der Waals surface area contributed by atoms with E-state index in [0.717, 1.165) is 13.0 Å². The van der Waals surface area contributed by atoms with Crippen LogP contribution in [0.4, 0.5) is 5.82 Å². The van der Waals surface area contributed by atoms with Crippen molar-refractivity contribution in [2.24, 2.45) is 0 Å². The first kappa shape index (κ1) is 13.0. The minimum atomic E-state index is 0.259. The first-order valence-corrected chi connectivity index (χ1v) is 9.04. The molecule has 3 saturated heterocycles. The predicted octanol–water partition coefficient (Wildman–Crippen LogP) is 3.43. The lowest BCUT2D eigenvalue weighted by atomic mass is 10.0. The van der Waals surface area contributed by atoms with Crippen molar-refractivity contribution in [3.05, 3.63) is 11.3 Å². The summed E-state index contributed by atoms with van der Waals surface area (Å²) in [5.74, 6) is 2.52. The Morgan fingerprint density at radius 2 is 2.05 bits per heavy atom. The molecule has 0 bridgehead atoms. The summed E-state index contributed by atoms with van der Waals surface area (Å²) in [6.45, 7) is 3.24. The van der Waals surface area contributed by atoms with Crippen LogP contribution >= 0.6 is 11.8 Å². The Balaban J connectivity index is 1.70. The van der Waals surface area contributed by atoms with Crippen molar-refractivity contribution < 1.29 is 4.74 Å². The monoisotopic (exact) mass is 293 g/mol. The number of ether oxygens (including phenoxy) is 1. The normalized spacial score (nSPS) is 30.5. The number of nitrogens with zero attached hydrogens (tertiary/aromatic N) is 2. The SMILES string of the molecule is C1COC(c2[nH]nc(N3CCCC3)c2C2CCCS2)C1. The molecule has 2 atom stereocenters. The quantitative estimate of drug-likeness (QED) is 0.927. The van der Waals surface area contributed by atoms with Crippen molar-refractivity contribution in [3.63, 3.8) is 0 Å². The third kappa shape index (κ3) is 2.25. The van der Waals surface area contributed by atoms with E-state index in [1.807, 2.05) is 0 Å². The standard InChI is InChI=1S/C15H23N3OS/c1-2-8-18(7-1)15-13(12-6-4-10-20-12)14(16-17-15)11-5-3-9-19-11/h11-12H,1-10H2,(H,16,17). The Labute approximate surface area is 124 Å². The van der Waals surface area contributed by atoms with Crippen LogP contribution in [0.1, 0.15) is 61.1 Å². The molecule has 5 heteroatoms. The van der Waals surface area contributed by atoms with Crippen LogP contribution in [0.15, 0.2) is 0 Å². The van der Waals surface area contributed by atoms with E-state index in [1.165, 1.54) is 68.0 Å². The third-order valence-electron chi connectivity index (χ3n) is 4.72. The highest BCUT2D eigenvalue weighted by molar-refractivity contribution is 7.99. The van der Waals surface area contributed by atoms with Gasteiger partial charge in [-0.2, -0.15) is 16.9 Å². The molecule has 3 fully saturated rings. The van der Waals surface area contributed by atoms with Gasteiger partial charge in [0.2, 0.25) is 0 Å². The van der Waals surface area contributed by atoms with Crippen LogP contribution in [0.3, 0.4) is 0 Å². The largest absolute Gasteiger partial charge is 0.372 e. The number of hydrogen-bond donors (Lipinski definition) is 1. The Morgan fingerprint density at radius 1 is 1.15 bits per heavy atom. The second-order valence-electron chi connectivity index (χ2n) is 6.07. The molecular formula is C15H23N3OS. The highest BCUT2D eigenvalue weighted by Gasteiger charge is 2.33. The summed E-state index contributed by atoms with van der Waals surface area (Å²) < 4.78 is 5.92. The fraction of sp³-hybridized carbons (Fsp3) is 0.800. The van der Waals surface area contributed by atoms with Gasteiger partial charge < -0.3 is 9.64 Å². The molecule has 0 spiro atoms. The van der Waals surface area contributed by atoms with Gasteiger partial charge in [0.05, 0.1) is 11.8 Å². The molecule has 20 heavy (non-hydrogen) atoms. The van der Waals surface area contributed by atoms with E-state index in [2.05, 4.69) is 21.8 Å². The lowest BCUT2D eigenvalue weighted by molar-refractivity contribution is 0.108. The summed E-state index contributed by atoms with van der Waals surface area (Å²) in [7, 11) is 0. The summed E-state index contributed by atoms with van der Waals surface area (Å²) in [5.41, 5.74) is 2.75. The molecule has 4 nitrogen and oxygen atoms in total. The maximum Gasteiger partial charge on any atom is 0.155 e. The van der Waals surface area contributed by atoms with Crippen molar-refractivity contribution in [2.45, 2.75) is 49.9 Å². The molecule has 3 aliphatic rings. The summed E-state index contributed by atoms with van der Waals surface area (Å²) >= 11 is 2.10. The topological polar surface area (TPSA) is 41.1 Å². The number of anilines is 1. The molecule has 1 N–H and O–H groups in total. The molecular weight excluding hydrogens is 270 g/mol. The minimum Gasteiger partial charge on any atom is -0.372 e. The number of H-pyrrole nitrogens is 1. The predicted molar refractivity (Wildman–Crippen MR) is 82.4 cm³/mol. The number of aromatic amines is 1. The van der Waals surface area contributed by atoms with Gasteiger partial charge in [-0.3, -0.25) is 5.10 Å². The molecule has 2 unspecified atom stereocenters. The van der Waals surface area contributed by atoms with Gasteiger partial charge in [0.1, 0.15) is 0 Å². The average molecular weight is 293 g/mol. The van der Waals surface area contributed by atoms with Crippen molar-refractivity contribution in [1.29, 1.82) is 0 Å². The minimum absolute atomic E-state index is 0.259. The number of hydrogen-bond acceptors (Lipinski definition) is 4. The number of aromatic nitrogens is 2. The van der Waals surface area contributed by atoms with Gasteiger partial charge in [0.15, 0.2) is 5.82 Å². The second kappa shape index (κ2) is 5.60. The van der Waals surface area contributed by atoms with E-state index in [1.54, 1.807) is 0 Å². The van der Waals surface area contributed by atoms with Crippen LogP contribution < -0.4 is 4.90 Å².